The first-order valence-electron chi connectivity index (χ1n) is 8.22. The Hall–Kier alpha value is -2.76. The third-order valence-corrected chi connectivity index (χ3v) is 3.27. The van der Waals surface area contributed by atoms with Crippen LogP contribution in [0.5, 0.6) is 17.2 Å². The number of carbonyl (C=O) groups is 1. The Balaban J connectivity index is 2.34. The summed E-state index contributed by atoms with van der Waals surface area (Å²) in [5, 5.41) is 2.72. The SMILES string of the molecule is CCOc1cc(C(=O)Nc2ccc(F)cc2)cc(OCC)c1OCC. The molecule has 1 amide bonds. The average molecular weight is 347 g/mol. The number of nitrogens with one attached hydrogen (secondary N) is 1. The van der Waals surface area contributed by atoms with Gasteiger partial charge in [0.2, 0.25) is 5.75 Å². The largest absolute Gasteiger partial charge is 0.490 e. The highest BCUT2D eigenvalue weighted by Gasteiger charge is 2.18. The van der Waals surface area contributed by atoms with E-state index in [0.29, 0.717) is 48.3 Å². The van der Waals surface area contributed by atoms with Crippen LogP contribution in [0.25, 0.3) is 0 Å². The molecule has 25 heavy (non-hydrogen) atoms. The summed E-state index contributed by atoms with van der Waals surface area (Å²) in [6.07, 6.45) is 0. The Labute approximate surface area is 146 Å². The van der Waals surface area contributed by atoms with Gasteiger partial charge in [-0.25, -0.2) is 4.39 Å². The maximum atomic E-state index is 13.0. The molecule has 2 aromatic carbocycles. The van der Waals surface area contributed by atoms with E-state index in [1.165, 1.54) is 24.3 Å². The third-order valence-electron chi connectivity index (χ3n) is 3.27. The van der Waals surface area contributed by atoms with Crippen molar-refractivity contribution in [3.63, 3.8) is 0 Å². The molecule has 6 heteroatoms. The van der Waals surface area contributed by atoms with Gasteiger partial charge in [0.05, 0.1) is 19.8 Å². The van der Waals surface area contributed by atoms with E-state index in [4.69, 9.17) is 14.2 Å². The summed E-state index contributed by atoms with van der Waals surface area (Å²) in [4.78, 5) is 12.5. The van der Waals surface area contributed by atoms with Crippen molar-refractivity contribution in [2.45, 2.75) is 20.8 Å². The van der Waals surface area contributed by atoms with Crippen molar-refractivity contribution < 1.29 is 23.4 Å². The first kappa shape index (κ1) is 18.6. The number of rotatable bonds is 8. The van der Waals surface area contributed by atoms with Crippen molar-refractivity contribution in [1.82, 2.24) is 0 Å². The van der Waals surface area contributed by atoms with Gasteiger partial charge in [-0.15, -0.1) is 0 Å². The number of halogens is 1. The molecule has 2 aromatic rings. The lowest BCUT2D eigenvalue weighted by atomic mass is 10.1. The van der Waals surface area contributed by atoms with Crippen LogP contribution < -0.4 is 19.5 Å². The summed E-state index contributed by atoms with van der Waals surface area (Å²) in [6, 6.07) is 8.77. The lowest BCUT2D eigenvalue weighted by Gasteiger charge is -2.17. The number of amides is 1. The van der Waals surface area contributed by atoms with Gasteiger partial charge >= 0.3 is 0 Å². The van der Waals surface area contributed by atoms with Crippen molar-refractivity contribution >= 4 is 11.6 Å². The third kappa shape index (κ3) is 4.86. The molecule has 0 heterocycles. The molecule has 0 saturated carbocycles. The van der Waals surface area contributed by atoms with E-state index < -0.39 is 0 Å². The molecule has 0 bridgehead atoms. The minimum atomic E-state index is -0.365. The summed E-state index contributed by atoms with van der Waals surface area (Å²) in [5.74, 6) is 0.650. The van der Waals surface area contributed by atoms with Crippen molar-refractivity contribution in [1.29, 1.82) is 0 Å². The topological polar surface area (TPSA) is 56.8 Å². The summed E-state index contributed by atoms with van der Waals surface area (Å²) in [6.45, 7) is 6.86. The van der Waals surface area contributed by atoms with Crippen LogP contribution in [0.4, 0.5) is 10.1 Å². The number of hydrogen-bond donors (Lipinski definition) is 1. The van der Waals surface area contributed by atoms with Gasteiger partial charge in [-0.05, 0) is 57.2 Å². The zero-order valence-corrected chi connectivity index (χ0v) is 14.6. The van der Waals surface area contributed by atoms with Crippen LogP contribution in [-0.4, -0.2) is 25.7 Å². The van der Waals surface area contributed by atoms with Gasteiger partial charge in [-0.1, -0.05) is 0 Å². The molecule has 0 spiro atoms. The Bertz CT molecular complexity index is 689. The molecule has 0 saturated heterocycles. The quantitative estimate of drug-likeness (QED) is 0.775. The molecule has 5 nitrogen and oxygen atoms in total. The van der Waals surface area contributed by atoms with E-state index in [-0.39, 0.29) is 11.7 Å². The van der Waals surface area contributed by atoms with Crippen molar-refractivity contribution in [2.75, 3.05) is 25.1 Å². The zero-order chi connectivity index (χ0) is 18.2. The molecule has 0 atom stereocenters. The molecule has 0 fully saturated rings. The molecule has 0 radical (unpaired) electrons. The number of benzene rings is 2. The highest BCUT2D eigenvalue weighted by atomic mass is 19.1. The van der Waals surface area contributed by atoms with Crippen molar-refractivity contribution in [3.05, 3.63) is 47.8 Å². The normalized spacial score (nSPS) is 10.2. The number of ether oxygens (including phenoxy) is 3. The first-order chi connectivity index (χ1) is 12.1. The van der Waals surface area contributed by atoms with Crippen LogP contribution in [0.1, 0.15) is 31.1 Å². The molecular weight excluding hydrogens is 325 g/mol. The standard InChI is InChI=1S/C19H22FNO4/c1-4-23-16-11-13(12-17(24-5-2)18(16)25-6-3)19(22)21-15-9-7-14(20)8-10-15/h7-12H,4-6H2,1-3H3,(H,21,22). The summed E-state index contributed by atoms with van der Waals surface area (Å²) >= 11 is 0. The second-order valence-electron chi connectivity index (χ2n) is 5.06. The van der Waals surface area contributed by atoms with Gasteiger partial charge in [0, 0.05) is 11.3 Å². The summed E-state index contributed by atoms with van der Waals surface area (Å²) in [5.41, 5.74) is 0.857. The highest BCUT2D eigenvalue weighted by molar-refractivity contribution is 6.05. The molecule has 0 aromatic heterocycles. The van der Waals surface area contributed by atoms with E-state index >= 15 is 0 Å². The maximum absolute atomic E-state index is 13.0. The van der Waals surface area contributed by atoms with Gasteiger partial charge < -0.3 is 19.5 Å². The van der Waals surface area contributed by atoms with Gasteiger partial charge in [0.25, 0.3) is 5.91 Å². The molecule has 0 unspecified atom stereocenters. The molecule has 0 aliphatic rings. The van der Waals surface area contributed by atoms with Crippen LogP contribution in [0.15, 0.2) is 36.4 Å². The monoisotopic (exact) mass is 347 g/mol. The molecule has 1 N–H and O–H groups in total. The van der Waals surface area contributed by atoms with E-state index in [9.17, 15) is 9.18 Å². The van der Waals surface area contributed by atoms with E-state index in [2.05, 4.69) is 5.32 Å². The minimum Gasteiger partial charge on any atom is -0.490 e. The minimum absolute atomic E-state index is 0.350. The second kappa shape index (κ2) is 8.92. The Morgan fingerprint density at radius 2 is 1.44 bits per heavy atom. The molecule has 0 aliphatic heterocycles. The first-order valence-corrected chi connectivity index (χ1v) is 8.22. The lowest BCUT2D eigenvalue weighted by molar-refractivity contribution is 0.102. The fraction of sp³-hybridized carbons (Fsp3) is 0.316. The molecule has 134 valence electrons. The highest BCUT2D eigenvalue weighted by Crippen LogP contribution is 2.39. The molecule has 2 rings (SSSR count). The summed E-state index contributed by atoms with van der Waals surface area (Å²) < 4.78 is 29.8. The predicted molar refractivity (Wildman–Crippen MR) is 94.3 cm³/mol. The Kier molecular flexibility index (Phi) is 6.62. The fourth-order valence-electron chi connectivity index (χ4n) is 2.26. The van der Waals surface area contributed by atoms with Gasteiger partial charge in [-0.2, -0.15) is 0 Å². The number of anilines is 1. The van der Waals surface area contributed by atoms with E-state index in [1.807, 2.05) is 20.8 Å². The van der Waals surface area contributed by atoms with Crippen LogP contribution in [0.3, 0.4) is 0 Å². The average Bonchev–Trinajstić information content (AvgIpc) is 2.60. The van der Waals surface area contributed by atoms with Crippen LogP contribution in [0.2, 0.25) is 0 Å². The van der Waals surface area contributed by atoms with Crippen LogP contribution in [0, 0.1) is 5.82 Å². The Morgan fingerprint density at radius 1 is 0.920 bits per heavy atom. The van der Waals surface area contributed by atoms with Gasteiger partial charge in [0.1, 0.15) is 5.82 Å². The van der Waals surface area contributed by atoms with Gasteiger partial charge in [0.15, 0.2) is 11.5 Å². The number of carbonyl (C=O) groups excluding carboxylic acids is 1. The van der Waals surface area contributed by atoms with Crippen LogP contribution >= 0.6 is 0 Å². The van der Waals surface area contributed by atoms with Crippen LogP contribution in [-0.2, 0) is 0 Å². The van der Waals surface area contributed by atoms with E-state index in [0.717, 1.165) is 0 Å². The second-order valence-corrected chi connectivity index (χ2v) is 5.06. The smallest absolute Gasteiger partial charge is 0.255 e. The number of hydrogen-bond acceptors (Lipinski definition) is 4. The molecule has 0 aliphatic carbocycles. The fourth-order valence-corrected chi connectivity index (χ4v) is 2.26. The van der Waals surface area contributed by atoms with Crippen molar-refractivity contribution in [3.8, 4) is 17.2 Å². The molecular formula is C19H22FNO4. The van der Waals surface area contributed by atoms with Gasteiger partial charge in [-0.3, -0.25) is 4.79 Å². The summed E-state index contributed by atoms with van der Waals surface area (Å²) in [7, 11) is 0. The maximum Gasteiger partial charge on any atom is 0.255 e. The lowest BCUT2D eigenvalue weighted by Crippen LogP contribution is -2.13. The van der Waals surface area contributed by atoms with E-state index in [1.54, 1.807) is 12.1 Å². The predicted octanol–water partition coefficient (Wildman–Crippen LogP) is 4.27. The Morgan fingerprint density at radius 3 is 1.92 bits per heavy atom. The van der Waals surface area contributed by atoms with Crippen molar-refractivity contribution in [2.24, 2.45) is 0 Å². The zero-order valence-electron chi connectivity index (χ0n) is 14.6.